The zero-order valence-corrected chi connectivity index (χ0v) is 25.9. The Kier molecular flexibility index (Phi) is 4.48. The van der Waals surface area contributed by atoms with Crippen molar-refractivity contribution in [2.24, 2.45) is 0 Å². The number of rotatable bonds is 5. The van der Waals surface area contributed by atoms with Gasteiger partial charge in [0.25, 0.3) is 0 Å². The lowest BCUT2D eigenvalue weighted by molar-refractivity contribution is 0.669. The van der Waals surface area contributed by atoms with E-state index < -0.39 is 30.2 Å². The van der Waals surface area contributed by atoms with Crippen molar-refractivity contribution in [2.45, 2.75) is 0 Å². The summed E-state index contributed by atoms with van der Waals surface area (Å²) in [4.78, 5) is 1.75. The molecule has 8 aromatic carbocycles. The number of hydrogen-bond donors (Lipinski definition) is 0. The Bertz CT molecular complexity index is 3330. The average molecular weight is 636 g/mol. The monoisotopic (exact) mass is 635 g/mol. The van der Waals surface area contributed by atoms with Gasteiger partial charge in [-0.25, -0.2) is 0 Å². The minimum absolute atomic E-state index is 0.00450. The summed E-state index contributed by atoms with van der Waals surface area (Å²) in [7, 11) is 0. The number of nitrogens with zero attached hydrogens (tertiary/aromatic N) is 2. The molecule has 0 aliphatic heterocycles. The number of benzene rings is 8. The molecule has 0 saturated carbocycles. The Labute approximate surface area is 296 Å². The molecule has 0 N–H and O–H groups in total. The molecule has 230 valence electrons. The summed E-state index contributed by atoms with van der Waals surface area (Å²) in [6.07, 6.45) is 0. The van der Waals surface area contributed by atoms with Gasteiger partial charge in [-0.1, -0.05) is 115 Å². The summed E-state index contributed by atoms with van der Waals surface area (Å²) in [5.74, 6) is 0. The molecule has 0 radical (unpaired) electrons. The number of fused-ring (bicyclic) bond motifs is 8. The van der Waals surface area contributed by atoms with E-state index in [0.29, 0.717) is 17.1 Å². The molecule has 0 aliphatic carbocycles. The van der Waals surface area contributed by atoms with E-state index >= 15 is 0 Å². The fraction of sp³-hybridized carbons (Fsp3) is 0. The maximum absolute atomic E-state index is 9.97. The first-order chi connectivity index (χ1) is 28.1. The van der Waals surface area contributed by atoms with Gasteiger partial charge in [-0.15, -0.1) is 0 Å². The van der Waals surface area contributed by atoms with Gasteiger partial charge in [0.15, 0.2) is 0 Å². The van der Waals surface area contributed by atoms with Crippen molar-refractivity contribution in [3.05, 3.63) is 182 Å². The van der Waals surface area contributed by atoms with E-state index in [0.717, 1.165) is 33.1 Å². The number of anilines is 3. The second-order valence-corrected chi connectivity index (χ2v) is 11.8. The first-order valence-electron chi connectivity index (χ1n) is 20.5. The maximum Gasteiger partial charge on any atom is 0.136 e. The van der Waals surface area contributed by atoms with Crippen LogP contribution >= 0.6 is 0 Å². The topological polar surface area (TPSA) is 21.3 Å². The largest absolute Gasteiger partial charge is 0.456 e. The minimum Gasteiger partial charge on any atom is -0.456 e. The molecule has 3 heteroatoms. The average Bonchev–Trinajstić information content (AvgIpc) is 3.82. The second kappa shape index (κ2) is 11.0. The standard InChI is InChI=1S/C46H30N2O/c1-3-13-33(14-4-1)47(35-25-22-32(23-26-35)37-19-11-21-44-45(37)40-18-9-10-20-43(40)49-44)36-27-29-42-41(30-36)39-28-24-31-12-7-8-17-38(31)46(39)48(42)34-15-5-2-6-16-34/h1-30H/i7D,8D,12D,17D,24D,27D,28D,29D,30D. The van der Waals surface area contributed by atoms with Crippen LogP contribution in [0.4, 0.5) is 17.1 Å². The van der Waals surface area contributed by atoms with Crippen molar-refractivity contribution in [3.8, 4) is 16.8 Å². The van der Waals surface area contributed by atoms with Gasteiger partial charge < -0.3 is 13.9 Å². The molecule has 10 rings (SSSR count). The summed E-state index contributed by atoms with van der Waals surface area (Å²) in [6, 6.07) is 36.5. The van der Waals surface area contributed by atoms with E-state index in [2.05, 4.69) is 0 Å². The third-order valence-electron chi connectivity index (χ3n) is 9.04. The van der Waals surface area contributed by atoms with Crippen LogP contribution in [-0.2, 0) is 0 Å². The van der Waals surface area contributed by atoms with Crippen LogP contribution in [0.15, 0.2) is 186 Å². The van der Waals surface area contributed by atoms with Gasteiger partial charge in [-0.3, -0.25) is 0 Å². The van der Waals surface area contributed by atoms with E-state index in [4.69, 9.17) is 11.3 Å². The Balaban J connectivity index is 1.29. The van der Waals surface area contributed by atoms with Crippen LogP contribution in [0.2, 0.25) is 0 Å². The van der Waals surface area contributed by atoms with Crippen LogP contribution in [0, 0.1) is 0 Å². The molecule has 3 nitrogen and oxygen atoms in total. The molecule has 0 spiro atoms. The van der Waals surface area contributed by atoms with Crippen molar-refractivity contribution < 1.29 is 16.8 Å². The van der Waals surface area contributed by atoms with Crippen molar-refractivity contribution in [1.82, 2.24) is 4.57 Å². The highest BCUT2D eigenvalue weighted by atomic mass is 16.3. The molecule has 2 aromatic heterocycles. The van der Waals surface area contributed by atoms with Gasteiger partial charge in [0.1, 0.15) is 11.2 Å². The van der Waals surface area contributed by atoms with Gasteiger partial charge in [0, 0.05) is 49.7 Å². The third kappa shape index (κ3) is 4.37. The molecule has 0 fully saturated rings. The molecular formula is C46H30N2O. The number of aromatic nitrogens is 1. The van der Waals surface area contributed by atoms with Crippen molar-refractivity contribution in [3.63, 3.8) is 0 Å². The van der Waals surface area contributed by atoms with Crippen LogP contribution in [0.5, 0.6) is 0 Å². The van der Waals surface area contributed by atoms with E-state index in [-0.39, 0.29) is 62.4 Å². The van der Waals surface area contributed by atoms with E-state index in [9.17, 15) is 5.48 Å². The lowest BCUT2D eigenvalue weighted by atomic mass is 9.99. The highest BCUT2D eigenvalue weighted by molar-refractivity contribution is 6.19. The Morgan fingerprint density at radius 1 is 0.510 bits per heavy atom. The molecule has 0 amide bonds. The van der Waals surface area contributed by atoms with Crippen LogP contribution in [0.3, 0.4) is 0 Å². The summed E-state index contributed by atoms with van der Waals surface area (Å²) in [5, 5.41) is 2.08. The normalized spacial score (nSPS) is 14.2. The van der Waals surface area contributed by atoms with E-state index in [1.54, 1.807) is 33.7 Å². The minimum atomic E-state index is -0.524. The first-order valence-corrected chi connectivity index (χ1v) is 16.0. The smallest absolute Gasteiger partial charge is 0.136 e. The van der Waals surface area contributed by atoms with Crippen LogP contribution in [0.25, 0.3) is 71.3 Å². The molecule has 0 bridgehead atoms. The molecule has 0 aliphatic rings. The lowest BCUT2D eigenvalue weighted by Crippen LogP contribution is -2.09. The summed E-state index contributed by atoms with van der Waals surface area (Å²) >= 11 is 0. The number of hydrogen-bond acceptors (Lipinski definition) is 2. The van der Waals surface area contributed by atoms with Crippen LogP contribution < -0.4 is 4.90 Å². The highest BCUT2D eigenvalue weighted by Gasteiger charge is 2.19. The van der Waals surface area contributed by atoms with Crippen LogP contribution in [-0.4, -0.2) is 4.57 Å². The van der Waals surface area contributed by atoms with Crippen molar-refractivity contribution in [1.29, 1.82) is 0 Å². The van der Waals surface area contributed by atoms with E-state index in [1.807, 2.05) is 103 Å². The SMILES string of the molecule is [2H]c1c([2H])c([2H])c2c(c1[2H])c([2H])c([2H])c1c3c([2H])c(N(c4ccccc4)c4ccc(-c5cccc6oc7ccccc7c56)cc4)c([2H])c([2H])c3n(-c3ccccc3)c21. The molecule has 10 aromatic rings. The third-order valence-corrected chi connectivity index (χ3v) is 9.04. The van der Waals surface area contributed by atoms with Crippen LogP contribution in [0.1, 0.15) is 12.3 Å². The highest BCUT2D eigenvalue weighted by Crippen LogP contribution is 2.42. The summed E-state index contributed by atoms with van der Waals surface area (Å²) < 4.78 is 90.3. The maximum atomic E-state index is 9.97. The van der Waals surface area contributed by atoms with Crippen molar-refractivity contribution in [2.75, 3.05) is 4.90 Å². The molecular weight excluding hydrogens is 597 g/mol. The van der Waals surface area contributed by atoms with Gasteiger partial charge in [-0.2, -0.15) is 0 Å². The Hall–Kier alpha value is -6.58. The molecule has 0 atom stereocenters. The van der Waals surface area contributed by atoms with E-state index in [1.165, 1.54) is 0 Å². The Morgan fingerprint density at radius 3 is 2.10 bits per heavy atom. The predicted octanol–water partition coefficient (Wildman–Crippen LogP) is 13.0. The fourth-order valence-electron chi connectivity index (χ4n) is 6.88. The van der Waals surface area contributed by atoms with Crippen molar-refractivity contribution >= 4 is 71.6 Å². The molecule has 49 heavy (non-hydrogen) atoms. The quantitative estimate of drug-likeness (QED) is 0.188. The summed E-state index contributed by atoms with van der Waals surface area (Å²) in [5.41, 5.74) is 5.56. The Morgan fingerprint density at radius 2 is 1.24 bits per heavy atom. The summed E-state index contributed by atoms with van der Waals surface area (Å²) in [6.45, 7) is 0. The second-order valence-electron chi connectivity index (χ2n) is 11.8. The van der Waals surface area contributed by atoms with Gasteiger partial charge in [0.05, 0.1) is 23.4 Å². The number of para-hydroxylation sites is 3. The fourth-order valence-corrected chi connectivity index (χ4v) is 6.88. The zero-order valence-electron chi connectivity index (χ0n) is 34.9. The first kappa shape index (κ1) is 19.9. The molecule has 0 saturated heterocycles. The zero-order chi connectivity index (χ0) is 40.1. The molecule has 2 heterocycles. The number of furan rings is 1. The molecule has 0 unspecified atom stereocenters. The lowest BCUT2D eigenvalue weighted by Gasteiger charge is -2.26. The van der Waals surface area contributed by atoms with Gasteiger partial charge in [-0.05, 0) is 83.2 Å². The van der Waals surface area contributed by atoms with Gasteiger partial charge in [0.2, 0.25) is 0 Å². The van der Waals surface area contributed by atoms with Gasteiger partial charge >= 0.3 is 0 Å². The predicted molar refractivity (Wildman–Crippen MR) is 206 cm³/mol.